The first-order valence-electron chi connectivity index (χ1n) is 16.9. The van der Waals surface area contributed by atoms with Crippen LogP contribution in [0.5, 0.6) is 0 Å². The number of aliphatic hydroxyl groups excluding tert-OH is 1. The first kappa shape index (κ1) is 29.1. The molecule has 0 radical (unpaired) electrons. The van der Waals surface area contributed by atoms with Crippen molar-refractivity contribution in [3.8, 4) is 23.4 Å². The van der Waals surface area contributed by atoms with Gasteiger partial charge in [-0.05, 0) is 102 Å². The smallest absolute Gasteiger partial charge is 0.186 e. The molecule has 5 aromatic heterocycles. The number of nitrogen functional groups attached to an aromatic ring is 1. The minimum absolute atomic E-state index is 0.0897. The highest BCUT2D eigenvalue weighted by atomic mass is 32.1. The average molecular weight is 651 g/mol. The first-order chi connectivity index (χ1) is 22.9. The normalized spacial score (nSPS) is 24.7. The van der Waals surface area contributed by atoms with E-state index >= 15 is 0 Å². The van der Waals surface area contributed by atoms with Crippen molar-refractivity contribution >= 4 is 27.4 Å². The Balaban J connectivity index is 1.23. The molecule has 0 unspecified atom stereocenters. The Hall–Kier alpha value is -4.12. The van der Waals surface area contributed by atoms with Gasteiger partial charge < -0.3 is 20.3 Å². The molecule has 1 fully saturated rings. The summed E-state index contributed by atoms with van der Waals surface area (Å²) in [7, 11) is 2.18. The molecule has 3 N–H and O–H groups in total. The number of anilines is 1. The third-order valence-corrected chi connectivity index (χ3v) is 12.4. The third kappa shape index (κ3) is 4.20. The van der Waals surface area contributed by atoms with Gasteiger partial charge in [-0.25, -0.2) is 19.3 Å². The molecule has 9 rings (SSSR count). The number of fused-ring (bicyclic) bond motifs is 6. The van der Waals surface area contributed by atoms with E-state index < -0.39 is 11.5 Å². The van der Waals surface area contributed by atoms with Crippen LogP contribution in [-0.4, -0.2) is 64.3 Å². The van der Waals surface area contributed by atoms with Crippen molar-refractivity contribution in [2.24, 2.45) is 0 Å². The molecule has 1 aliphatic heterocycles. The van der Waals surface area contributed by atoms with Gasteiger partial charge in [0, 0.05) is 22.7 Å². The predicted octanol–water partition coefficient (Wildman–Crippen LogP) is 5.17. The SMILES string of the molecule is C[C@@H]([C@@H]1CCCN1C)n1ncc2c(-n3cc4c(n3)[C@@H](O)CCC4)nc(-c3noc4c3CCC[C@@]43CCCc4sc(N)c(C#N)c43)nc21. The molecule has 0 amide bonds. The molecule has 6 heterocycles. The average Bonchev–Trinajstić information content (AvgIpc) is 3.90. The number of rotatable bonds is 4. The van der Waals surface area contributed by atoms with Crippen LogP contribution in [0.1, 0.15) is 109 Å². The van der Waals surface area contributed by atoms with Crippen molar-refractivity contribution in [2.45, 2.75) is 101 Å². The van der Waals surface area contributed by atoms with Gasteiger partial charge in [-0.15, -0.1) is 11.3 Å². The summed E-state index contributed by atoms with van der Waals surface area (Å²) in [6.45, 7) is 3.28. The summed E-state index contributed by atoms with van der Waals surface area (Å²) in [5.74, 6) is 1.91. The van der Waals surface area contributed by atoms with Crippen LogP contribution in [0.25, 0.3) is 28.4 Å². The highest BCUT2D eigenvalue weighted by molar-refractivity contribution is 7.16. The van der Waals surface area contributed by atoms with Gasteiger partial charge in [-0.1, -0.05) is 5.16 Å². The molecule has 1 spiro atoms. The molecular weight excluding hydrogens is 613 g/mol. The van der Waals surface area contributed by atoms with E-state index in [4.69, 9.17) is 35.6 Å². The maximum atomic E-state index is 10.7. The zero-order chi connectivity index (χ0) is 32.0. The maximum absolute atomic E-state index is 10.7. The number of nitriles is 1. The van der Waals surface area contributed by atoms with Crippen LogP contribution >= 0.6 is 11.3 Å². The summed E-state index contributed by atoms with van der Waals surface area (Å²) in [5, 5.41) is 36.7. The quantitative estimate of drug-likeness (QED) is 0.266. The zero-order valence-electron chi connectivity index (χ0n) is 26.7. The van der Waals surface area contributed by atoms with Gasteiger partial charge in [-0.2, -0.15) is 15.5 Å². The van der Waals surface area contributed by atoms with E-state index in [1.54, 1.807) is 16.0 Å². The molecule has 3 aliphatic carbocycles. The maximum Gasteiger partial charge on any atom is 0.186 e. The predicted molar refractivity (Wildman–Crippen MR) is 176 cm³/mol. The van der Waals surface area contributed by atoms with E-state index in [9.17, 15) is 10.4 Å². The lowest BCUT2D eigenvalue weighted by molar-refractivity contribution is 0.151. The number of thiophene rings is 1. The largest absolute Gasteiger partial charge is 0.389 e. The van der Waals surface area contributed by atoms with Crippen LogP contribution in [0.3, 0.4) is 0 Å². The van der Waals surface area contributed by atoms with Crippen molar-refractivity contribution in [1.29, 1.82) is 5.26 Å². The van der Waals surface area contributed by atoms with Gasteiger partial charge in [-0.3, -0.25) is 0 Å². The monoisotopic (exact) mass is 650 g/mol. The van der Waals surface area contributed by atoms with Crippen molar-refractivity contribution in [3.63, 3.8) is 0 Å². The molecule has 4 aliphatic rings. The van der Waals surface area contributed by atoms with Crippen molar-refractivity contribution < 1.29 is 9.63 Å². The Bertz CT molecular complexity index is 2080. The van der Waals surface area contributed by atoms with Crippen molar-refractivity contribution in [2.75, 3.05) is 19.3 Å². The second-order valence-electron chi connectivity index (χ2n) is 13.9. The molecule has 1 saturated heterocycles. The zero-order valence-corrected chi connectivity index (χ0v) is 27.6. The molecule has 5 aromatic rings. The van der Waals surface area contributed by atoms with Crippen LogP contribution in [0.2, 0.25) is 0 Å². The van der Waals surface area contributed by atoms with E-state index in [0.717, 1.165) is 110 Å². The fourth-order valence-electron chi connectivity index (χ4n) is 9.04. The van der Waals surface area contributed by atoms with Gasteiger partial charge in [0.1, 0.15) is 11.1 Å². The molecular formula is C34H38N10O2S. The Kier molecular flexibility index (Phi) is 6.61. The number of nitrogens with two attached hydrogens (primary N) is 1. The highest BCUT2D eigenvalue weighted by Crippen LogP contribution is 2.55. The minimum Gasteiger partial charge on any atom is -0.389 e. The number of hydrogen-bond donors (Lipinski definition) is 2. The second kappa shape index (κ2) is 10.7. The molecule has 0 aromatic carbocycles. The Labute approximate surface area is 276 Å². The fourth-order valence-corrected chi connectivity index (χ4v) is 10.2. The first-order valence-corrected chi connectivity index (χ1v) is 17.7. The van der Waals surface area contributed by atoms with Gasteiger partial charge in [0.2, 0.25) is 0 Å². The molecule has 0 bridgehead atoms. The van der Waals surface area contributed by atoms with Gasteiger partial charge in [0.25, 0.3) is 0 Å². The number of nitrogens with zero attached hydrogens (tertiary/aromatic N) is 9. The lowest BCUT2D eigenvalue weighted by atomic mass is 9.63. The number of aliphatic hydroxyl groups is 1. The van der Waals surface area contributed by atoms with E-state index in [-0.39, 0.29) is 6.04 Å². The Morgan fingerprint density at radius 1 is 1.15 bits per heavy atom. The lowest BCUT2D eigenvalue weighted by Gasteiger charge is -2.39. The van der Waals surface area contributed by atoms with Gasteiger partial charge in [0.15, 0.2) is 28.7 Å². The molecule has 4 atom stereocenters. The van der Waals surface area contributed by atoms with E-state index in [1.807, 2.05) is 17.1 Å². The summed E-state index contributed by atoms with van der Waals surface area (Å²) in [5.41, 5.74) is 11.7. The summed E-state index contributed by atoms with van der Waals surface area (Å²) >= 11 is 1.54. The summed E-state index contributed by atoms with van der Waals surface area (Å²) in [6, 6.07) is 2.85. The van der Waals surface area contributed by atoms with Crippen LogP contribution in [0.4, 0.5) is 5.00 Å². The molecule has 47 heavy (non-hydrogen) atoms. The number of aryl methyl sites for hydroxylation is 2. The molecule has 0 saturated carbocycles. The van der Waals surface area contributed by atoms with Crippen LogP contribution in [0.15, 0.2) is 16.9 Å². The Morgan fingerprint density at radius 3 is 2.79 bits per heavy atom. The number of likely N-dealkylation sites (tertiary alicyclic amines) is 1. The highest BCUT2D eigenvalue weighted by Gasteiger charge is 2.49. The summed E-state index contributed by atoms with van der Waals surface area (Å²) in [4.78, 5) is 13.9. The fraction of sp³-hybridized carbons (Fsp3) is 0.529. The van der Waals surface area contributed by atoms with Crippen molar-refractivity contribution in [1.82, 2.24) is 39.6 Å². The molecule has 242 valence electrons. The van der Waals surface area contributed by atoms with Crippen LogP contribution < -0.4 is 5.73 Å². The van der Waals surface area contributed by atoms with E-state index in [2.05, 4.69) is 24.9 Å². The second-order valence-corrected chi connectivity index (χ2v) is 15.0. The third-order valence-electron chi connectivity index (χ3n) is 11.3. The Morgan fingerprint density at radius 2 is 2.00 bits per heavy atom. The van der Waals surface area contributed by atoms with Gasteiger partial charge >= 0.3 is 0 Å². The topological polar surface area (TPSA) is 161 Å². The summed E-state index contributed by atoms with van der Waals surface area (Å²) < 4.78 is 10.2. The van der Waals surface area contributed by atoms with Crippen LogP contribution in [0, 0.1) is 11.3 Å². The summed E-state index contributed by atoms with van der Waals surface area (Å²) in [6.07, 6.45) is 13.4. The lowest BCUT2D eigenvalue weighted by Crippen LogP contribution is -2.35. The van der Waals surface area contributed by atoms with Crippen molar-refractivity contribution in [3.05, 3.63) is 51.0 Å². The number of hydrogen-bond acceptors (Lipinski definition) is 11. The molecule has 13 heteroatoms. The standard InChI is InChI=1S/C34H38N10O2S/c1-18(23-9-6-14-42(23)2)44-33-22(16-37-44)32(43-17-19-7-3-10-24(45)27(19)40-43)38-31(39-33)28-20-8-4-12-34(29(20)46-41-28)13-5-11-25-26(34)21(15-35)30(36)47-25/h16-18,23-24,45H,3-14,36H2,1-2H3/t18-,23-,24-,34-/m0/s1. The number of aromatic nitrogens is 7. The number of likely N-dealkylation sites (N-methyl/N-ethyl adjacent to an activating group) is 1. The van der Waals surface area contributed by atoms with E-state index in [1.165, 1.54) is 4.88 Å². The van der Waals surface area contributed by atoms with E-state index in [0.29, 0.717) is 40.4 Å². The van der Waals surface area contributed by atoms with Crippen LogP contribution in [-0.2, 0) is 24.7 Å². The minimum atomic E-state index is -0.582. The molecule has 12 nitrogen and oxygen atoms in total. The van der Waals surface area contributed by atoms with Gasteiger partial charge in [0.05, 0.1) is 40.4 Å².